The van der Waals surface area contributed by atoms with Crippen molar-refractivity contribution < 1.29 is 23.1 Å². The Hall–Kier alpha value is -1.35. The van der Waals surface area contributed by atoms with Gasteiger partial charge in [-0.1, -0.05) is 11.6 Å². The molecule has 1 aromatic rings. The van der Waals surface area contributed by atoms with E-state index in [9.17, 15) is 13.2 Å². The Morgan fingerprint density at radius 1 is 1.48 bits per heavy atom. The monoisotopic (exact) mass is 336 g/mol. The largest absolute Gasteiger partial charge is 0.495 e. The van der Waals surface area contributed by atoms with E-state index in [4.69, 9.17) is 21.4 Å². The van der Waals surface area contributed by atoms with E-state index >= 15 is 0 Å². The highest BCUT2D eigenvalue weighted by atomic mass is 35.5. The van der Waals surface area contributed by atoms with Gasteiger partial charge < -0.3 is 15.2 Å². The summed E-state index contributed by atoms with van der Waals surface area (Å²) >= 11 is 5.81. The van der Waals surface area contributed by atoms with Gasteiger partial charge in [0, 0.05) is 18.6 Å². The molecular formula is C12H17ClN2O5S. The summed E-state index contributed by atoms with van der Waals surface area (Å²) in [4.78, 5) is 11.4. The molecule has 0 saturated carbocycles. The number of hydrogen-bond acceptors (Lipinski definition) is 5. The Balaban J connectivity index is 3.00. The van der Waals surface area contributed by atoms with Crippen LogP contribution in [-0.2, 0) is 14.8 Å². The van der Waals surface area contributed by atoms with E-state index in [-0.39, 0.29) is 35.4 Å². The number of carbonyl (C=O) groups is 1. The molecule has 0 unspecified atom stereocenters. The van der Waals surface area contributed by atoms with Gasteiger partial charge in [0.05, 0.1) is 20.3 Å². The quantitative estimate of drug-likeness (QED) is 0.735. The topological polar surface area (TPSA) is 95.9 Å². The number of sulfonamides is 1. The van der Waals surface area contributed by atoms with Crippen LogP contribution in [-0.4, -0.2) is 57.6 Å². The van der Waals surface area contributed by atoms with Crippen LogP contribution in [0, 0.1) is 0 Å². The molecule has 0 radical (unpaired) electrons. The lowest BCUT2D eigenvalue weighted by Crippen LogP contribution is -2.39. The Bertz CT molecular complexity index is 606. The molecule has 0 aliphatic carbocycles. The van der Waals surface area contributed by atoms with E-state index in [1.165, 1.54) is 32.4 Å². The third kappa shape index (κ3) is 4.57. The molecule has 1 rings (SSSR count). The molecule has 1 amide bonds. The lowest BCUT2D eigenvalue weighted by molar-refractivity contribution is -0.121. The van der Waals surface area contributed by atoms with E-state index < -0.39 is 15.9 Å². The van der Waals surface area contributed by atoms with Crippen molar-refractivity contribution in [3.63, 3.8) is 0 Å². The minimum atomic E-state index is -3.92. The Morgan fingerprint density at radius 2 is 2.14 bits per heavy atom. The molecule has 0 saturated heterocycles. The van der Waals surface area contributed by atoms with E-state index in [1.54, 1.807) is 0 Å². The summed E-state index contributed by atoms with van der Waals surface area (Å²) in [5.74, 6) is -0.377. The first kappa shape index (κ1) is 17.7. The highest BCUT2D eigenvalue weighted by Crippen LogP contribution is 2.28. The van der Waals surface area contributed by atoms with Crippen LogP contribution in [0.5, 0.6) is 5.75 Å². The fourth-order valence-corrected chi connectivity index (χ4v) is 3.10. The number of hydrogen-bond donors (Lipinski definition) is 2. The summed E-state index contributed by atoms with van der Waals surface area (Å²) in [5, 5.41) is 11.2. The number of amides is 1. The maximum atomic E-state index is 12.4. The highest BCUT2D eigenvalue weighted by Gasteiger charge is 2.26. The first-order chi connectivity index (χ1) is 9.82. The number of nitrogens with zero attached hydrogens (tertiary/aromatic N) is 1. The number of likely N-dealkylation sites (N-methyl/N-ethyl adjacent to an activating group) is 1. The van der Waals surface area contributed by atoms with Crippen molar-refractivity contribution in [2.45, 2.75) is 4.90 Å². The molecule has 1 aromatic carbocycles. The number of benzene rings is 1. The Morgan fingerprint density at radius 3 is 2.71 bits per heavy atom. The van der Waals surface area contributed by atoms with Crippen molar-refractivity contribution in [1.82, 2.24) is 9.62 Å². The van der Waals surface area contributed by atoms with Gasteiger partial charge in [-0.25, -0.2) is 8.42 Å². The maximum absolute atomic E-state index is 12.4. The maximum Gasteiger partial charge on any atom is 0.247 e. The van der Waals surface area contributed by atoms with Crippen molar-refractivity contribution in [3.05, 3.63) is 23.2 Å². The second-order valence-corrected chi connectivity index (χ2v) is 6.58. The van der Waals surface area contributed by atoms with Crippen molar-refractivity contribution in [2.24, 2.45) is 0 Å². The van der Waals surface area contributed by atoms with Crippen molar-refractivity contribution in [3.8, 4) is 5.75 Å². The average Bonchev–Trinajstić information content (AvgIpc) is 2.44. The van der Waals surface area contributed by atoms with Crippen LogP contribution in [0.2, 0.25) is 5.02 Å². The smallest absolute Gasteiger partial charge is 0.247 e. The van der Waals surface area contributed by atoms with Gasteiger partial charge >= 0.3 is 0 Å². The Kier molecular flexibility index (Phi) is 6.41. The number of aliphatic hydroxyl groups excluding tert-OH is 1. The molecule has 9 heteroatoms. The van der Waals surface area contributed by atoms with Gasteiger partial charge in [-0.3, -0.25) is 4.79 Å². The molecule has 0 aromatic heterocycles. The third-order valence-electron chi connectivity index (χ3n) is 2.61. The number of methoxy groups -OCH3 is 1. The summed E-state index contributed by atoms with van der Waals surface area (Å²) in [6, 6.07) is 4.21. The first-order valence-electron chi connectivity index (χ1n) is 6.00. The summed E-state index contributed by atoms with van der Waals surface area (Å²) in [6.45, 7) is -0.532. The van der Waals surface area contributed by atoms with Gasteiger partial charge in [-0.05, 0) is 18.2 Å². The van der Waals surface area contributed by atoms with Crippen LogP contribution in [0.1, 0.15) is 0 Å². The molecule has 0 aliphatic heterocycles. The minimum Gasteiger partial charge on any atom is -0.495 e. The summed E-state index contributed by atoms with van der Waals surface area (Å²) < 4.78 is 30.8. The second-order valence-electron chi connectivity index (χ2n) is 4.13. The molecule has 0 atom stereocenters. The number of aliphatic hydroxyl groups is 1. The molecule has 118 valence electrons. The zero-order chi connectivity index (χ0) is 16.0. The molecular weight excluding hydrogens is 320 g/mol. The summed E-state index contributed by atoms with van der Waals surface area (Å²) in [7, 11) is -1.31. The molecule has 0 heterocycles. The lowest BCUT2D eigenvalue weighted by atomic mass is 10.3. The second kappa shape index (κ2) is 7.60. The molecule has 7 nitrogen and oxygen atoms in total. The highest BCUT2D eigenvalue weighted by molar-refractivity contribution is 7.89. The van der Waals surface area contributed by atoms with Crippen molar-refractivity contribution >= 4 is 27.5 Å². The van der Waals surface area contributed by atoms with Gasteiger partial charge in [-0.15, -0.1) is 0 Å². The lowest BCUT2D eigenvalue weighted by Gasteiger charge is -2.18. The zero-order valence-electron chi connectivity index (χ0n) is 11.7. The minimum absolute atomic E-state index is 0.0627. The number of rotatable bonds is 7. The van der Waals surface area contributed by atoms with E-state index in [0.717, 1.165) is 4.31 Å². The number of halogens is 1. The van der Waals surface area contributed by atoms with Gasteiger partial charge in [0.2, 0.25) is 15.9 Å². The molecule has 2 N–H and O–H groups in total. The van der Waals surface area contributed by atoms with Gasteiger partial charge in [-0.2, -0.15) is 4.31 Å². The predicted molar refractivity (Wildman–Crippen MR) is 77.9 cm³/mol. The molecule has 21 heavy (non-hydrogen) atoms. The standard InChI is InChI=1S/C12H17ClN2O5S/c1-15(8-12(17)14-5-6-16)21(18,19)11-7-9(13)3-4-10(11)20-2/h3-4,7,16H,5-6,8H2,1-2H3,(H,14,17). The van der Waals surface area contributed by atoms with Crippen LogP contribution >= 0.6 is 11.6 Å². The van der Waals surface area contributed by atoms with E-state index in [0.29, 0.717) is 0 Å². The van der Waals surface area contributed by atoms with E-state index in [2.05, 4.69) is 5.32 Å². The number of ether oxygens (including phenoxy) is 1. The SMILES string of the molecule is COc1ccc(Cl)cc1S(=O)(=O)N(C)CC(=O)NCCO. The van der Waals surface area contributed by atoms with Crippen molar-refractivity contribution in [1.29, 1.82) is 0 Å². The van der Waals surface area contributed by atoms with Gasteiger partial charge in [0.25, 0.3) is 0 Å². The van der Waals surface area contributed by atoms with Gasteiger partial charge in [0.15, 0.2) is 0 Å². The number of carbonyl (C=O) groups excluding carboxylic acids is 1. The molecule has 0 fully saturated rings. The summed E-state index contributed by atoms with van der Waals surface area (Å²) in [5.41, 5.74) is 0. The Labute approximate surface area is 128 Å². The fraction of sp³-hybridized carbons (Fsp3) is 0.417. The fourth-order valence-electron chi connectivity index (χ4n) is 1.56. The number of nitrogens with one attached hydrogen (secondary N) is 1. The third-order valence-corrected chi connectivity index (χ3v) is 4.67. The van der Waals surface area contributed by atoms with Crippen molar-refractivity contribution in [2.75, 3.05) is 33.9 Å². The normalized spacial score (nSPS) is 11.5. The first-order valence-corrected chi connectivity index (χ1v) is 7.82. The van der Waals surface area contributed by atoms with Crippen LogP contribution < -0.4 is 10.1 Å². The molecule has 0 aliphatic rings. The van der Waals surface area contributed by atoms with Crippen LogP contribution in [0.25, 0.3) is 0 Å². The van der Waals surface area contributed by atoms with Crippen LogP contribution in [0.4, 0.5) is 0 Å². The van der Waals surface area contributed by atoms with Crippen LogP contribution in [0.15, 0.2) is 23.1 Å². The van der Waals surface area contributed by atoms with Crippen LogP contribution in [0.3, 0.4) is 0 Å². The molecule has 0 bridgehead atoms. The predicted octanol–water partition coefficient (Wildman–Crippen LogP) is 0.0776. The van der Waals surface area contributed by atoms with E-state index in [1.807, 2.05) is 0 Å². The van der Waals surface area contributed by atoms with Gasteiger partial charge in [0.1, 0.15) is 10.6 Å². The average molecular weight is 337 g/mol. The zero-order valence-corrected chi connectivity index (χ0v) is 13.2. The summed E-state index contributed by atoms with van der Waals surface area (Å²) in [6.07, 6.45) is 0. The molecule has 0 spiro atoms.